The predicted octanol–water partition coefficient (Wildman–Crippen LogP) is 13.2. The van der Waals surface area contributed by atoms with Crippen LogP contribution in [0, 0.1) is 0 Å². The SMILES string of the molecule is c1ccc(C2=NC(c3cccc4c3oc3cccc(-c5ccc6sc7cc(-n8c9ccccc9c9ccccc98)ccc7c6c5)c34)=NC(c3ccccc3)N2)cc1. The third-order valence-electron chi connectivity index (χ3n) is 11.3. The molecule has 0 saturated carbocycles. The molecule has 11 aromatic rings. The third kappa shape index (κ3) is 5.08. The lowest BCUT2D eigenvalue weighted by molar-refractivity contribution is 0.663. The van der Waals surface area contributed by atoms with Crippen molar-refractivity contribution in [1.29, 1.82) is 0 Å². The summed E-state index contributed by atoms with van der Waals surface area (Å²) in [5.74, 6) is 1.42. The Bertz CT molecular complexity index is 3390. The van der Waals surface area contributed by atoms with Crippen LogP contribution >= 0.6 is 11.3 Å². The molecule has 0 bridgehead atoms. The van der Waals surface area contributed by atoms with Crippen molar-refractivity contribution in [2.75, 3.05) is 0 Å². The Morgan fingerprint density at radius 2 is 1.23 bits per heavy atom. The number of benzene rings is 8. The highest BCUT2D eigenvalue weighted by Crippen LogP contribution is 2.43. The molecule has 6 heteroatoms. The van der Waals surface area contributed by atoms with Crippen molar-refractivity contribution in [3.8, 4) is 16.8 Å². The maximum absolute atomic E-state index is 6.76. The summed E-state index contributed by atoms with van der Waals surface area (Å²) in [6.45, 7) is 0. The average molecular weight is 749 g/mol. The minimum absolute atomic E-state index is 0.297. The van der Waals surface area contributed by atoms with Crippen molar-refractivity contribution in [3.05, 3.63) is 199 Å². The summed E-state index contributed by atoms with van der Waals surface area (Å²) in [6.07, 6.45) is -0.297. The van der Waals surface area contributed by atoms with Gasteiger partial charge in [0, 0.05) is 53.0 Å². The number of para-hydroxylation sites is 3. The first kappa shape index (κ1) is 32.0. The van der Waals surface area contributed by atoms with Crippen LogP contribution in [0.4, 0.5) is 0 Å². The van der Waals surface area contributed by atoms with Gasteiger partial charge in [-0.15, -0.1) is 11.3 Å². The second-order valence-electron chi connectivity index (χ2n) is 14.6. The van der Waals surface area contributed by atoms with E-state index < -0.39 is 0 Å². The molecule has 0 spiro atoms. The van der Waals surface area contributed by atoms with E-state index in [1.807, 2.05) is 47.7 Å². The van der Waals surface area contributed by atoms with Gasteiger partial charge >= 0.3 is 0 Å². The Balaban J connectivity index is 0.986. The summed E-state index contributed by atoms with van der Waals surface area (Å²) in [6, 6.07) is 64.4. The van der Waals surface area contributed by atoms with Crippen molar-refractivity contribution < 1.29 is 4.42 Å². The van der Waals surface area contributed by atoms with Gasteiger partial charge in [-0.3, -0.25) is 0 Å². The zero-order valence-corrected chi connectivity index (χ0v) is 31.4. The van der Waals surface area contributed by atoms with Crippen molar-refractivity contribution >= 4 is 86.9 Å². The van der Waals surface area contributed by atoms with E-state index in [0.29, 0.717) is 5.84 Å². The maximum Gasteiger partial charge on any atom is 0.163 e. The number of fused-ring (bicyclic) bond motifs is 9. The lowest BCUT2D eigenvalue weighted by atomic mass is 9.97. The van der Waals surface area contributed by atoms with Crippen molar-refractivity contribution in [2.45, 2.75) is 6.17 Å². The molecule has 3 aromatic heterocycles. The van der Waals surface area contributed by atoms with Crippen LogP contribution < -0.4 is 5.32 Å². The summed E-state index contributed by atoms with van der Waals surface area (Å²) < 4.78 is 11.7. The number of nitrogens with one attached hydrogen (secondary N) is 1. The fraction of sp³-hybridized carbons (Fsp3) is 0.0196. The van der Waals surface area contributed by atoms with Crippen LogP contribution in [-0.2, 0) is 0 Å². The Kier molecular flexibility index (Phi) is 7.09. The van der Waals surface area contributed by atoms with Gasteiger partial charge in [-0.1, -0.05) is 133 Å². The zero-order valence-electron chi connectivity index (χ0n) is 30.6. The Morgan fingerprint density at radius 1 is 0.526 bits per heavy atom. The maximum atomic E-state index is 6.76. The summed E-state index contributed by atoms with van der Waals surface area (Å²) in [7, 11) is 0. The van der Waals surface area contributed by atoms with Gasteiger partial charge in [-0.05, 0) is 65.2 Å². The smallest absolute Gasteiger partial charge is 0.163 e. The van der Waals surface area contributed by atoms with E-state index in [2.05, 4.69) is 155 Å². The zero-order chi connectivity index (χ0) is 37.5. The quantitative estimate of drug-likeness (QED) is 0.191. The number of furan rings is 1. The average Bonchev–Trinajstić information content (AvgIpc) is 3.96. The summed E-state index contributed by atoms with van der Waals surface area (Å²) in [4.78, 5) is 10.3. The molecule has 1 aliphatic heterocycles. The fourth-order valence-electron chi connectivity index (χ4n) is 8.66. The number of hydrogen-bond acceptors (Lipinski definition) is 5. The summed E-state index contributed by atoms with van der Waals surface area (Å²) in [5, 5.41) is 10.8. The Hall–Kier alpha value is -7.28. The topological polar surface area (TPSA) is 54.8 Å². The summed E-state index contributed by atoms with van der Waals surface area (Å²) >= 11 is 1.85. The van der Waals surface area contributed by atoms with Gasteiger partial charge in [0.15, 0.2) is 5.84 Å². The fourth-order valence-corrected chi connectivity index (χ4v) is 9.78. The Labute approximate surface area is 331 Å². The second-order valence-corrected chi connectivity index (χ2v) is 15.6. The summed E-state index contributed by atoms with van der Waals surface area (Å²) in [5.41, 5.74) is 10.4. The molecule has 1 atom stereocenters. The molecule has 8 aromatic carbocycles. The van der Waals surface area contributed by atoms with Gasteiger partial charge in [0.1, 0.15) is 23.2 Å². The number of nitrogens with zero attached hydrogens (tertiary/aromatic N) is 3. The van der Waals surface area contributed by atoms with Crippen LogP contribution in [0.15, 0.2) is 196 Å². The number of rotatable bonds is 5. The largest absolute Gasteiger partial charge is 0.455 e. The van der Waals surface area contributed by atoms with Crippen LogP contribution in [0.1, 0.15) is 22.9 Å². The first-order valence-corrected chi connectivity index (χ1v) is 20.0. The molecule has 0 radical (unpaired) electrons. The lowest BCUT2D eigenvalue weighted by Crippen LogP contribution is -2.33. The van der Waals surface area contributed by atoms with Crippen LogP contribution in [0.3, 0.4) is 0 Å². The predicted molar refractivity (Wildman–Crippen MR) is 238 cm³/mol. The van der Waals surface area contributed by atoms with Crippen LogP contribution in [0.25, 0.3) is 80.7 Å². The second kappa shape index (κ2) is 12.6. The number of hydrogen-bond donors (Lipinski definition) is 1. The first-order chi connectivity index (χ1) is 28.2. The molecular weight excluding hydrogens is 717 g/mol. The van der Waals surface area contributed by atoms with E-state index in [-0.39, 0.29) is 6.17 Å². The molecule has 1 unspecified atom stereocenters. The first-order valence-electron chi connectivity index (χ1n) is 19.2. The van der Waals surface area contributed by atoms with Gasteiger partial charge in [-0.2, -0.15) is 0 Å². The van der Waals surface area contributed by atoms with Gasteiger partial charge in [0.05, 0.1) is 16.6 Å². The third-order valence-corrected chi connectivity index (χ3v) is 12.4. The van der Waals surface area contributed by atoms with E-state index in [9.17, 15) is 0 Å². The molecular formula is C51H32N4OS. The van der Waals surface area contributed by atoms with E-state index in [1.54, 1.807) is 0 Å². The molecule has 12 rings (SSSR count). The van der Waals surface area contributed by atoms with E-state index in [1.165, 1.54) is 47.7 Å². The minimum atomic E-state index is -0.297. The highest BCUT2D eigenvalue weighted by atomic mass is 32.1. The van der Waals surface area contributed by atoms with Gasteiger partial charge < -0.3 is 14.3 Å². The van der Waals surface area contributed by atoms with Crippen molar-refractivity contribution in [3.63, 3.8) is 0 Å². The molecule has 0 saturated heterocycles. The van der Waals surface area contributed by atoms with Crippen molar-refractivity contribution in [1.82, 2.24) is 9.88 Å². The number of thiophene rings is 1. The molecule has 1 N–H and O–H groups in total. The standard InChI is InChI=1S/C51H32N4OS/c1-3-13-31(14-4-1)49-52-50(32-15-5-2-6-16-32)54-51(53-49)40-21-11-20-39-47-35(19-12-24-44(47)56-48(39)40)33-25-28-45-41(29-33)38-27-26-34(30-46(38)57-45)55-42-22-9-7-17-36(42)37-18-8-10-23-43(37)55/h1-30,49H,(H,52,53,54). The molecule has 4 heterocycles. The Morgan fingerprint density at radius 3 is 2.04 bits per heavy atom. The number of aliphatic imine (C=N–C) groups is 2. The molecule has 0 amide bonds. The van der Waals surface area contributed by atoms with Crippen LogP contribution in [-0.4, -0.2) is 16.2 Å². The van der Waals surface area contributed by atoms with E-state index >= 15 is 0 Å². The van der Waals surface area contributed by atoms with E-state index in [4.69, 9.17) is 14.4 Å². The molecule has 268 valence electrons. The molecule has 57 heavy (non-hydrogen) atoms. The highest BCUT2D eigenvalue weighted by Gasteiger charge is 2.24. The molecule has 1 aliphatic rings. The van der Waals surface area contributed by atoms with Gasteiger partial charge in [0.2, 0.25) is 0 Å². The normalized spacial score (nSPS) is 14.5. The van der Waals surface area contributed by atoms with E-state index in [0.717, 1.165) is 55.6 Å². The lowest BCUT2D eigenvalue weighted by Gasteiger charge is -2.23. The van der Waals surface area contributed by atoms with Gasteiger partial charge in [0.25, 0.3) is 0 Å². The number of aromatic nitrogens is 1. The van der Waals surface area contributed by atoms with Crippen molar-refractivity contribution in [2.24, 2.45) is 9.98 Å². The van der Waals surface area contributed by atoms with Crippen LogP contribution in [0.2, 0.25) is 0 Å². The molecule has 0 fully saturated rings. The molecule has 0 aliphatic carbocycles. The monoisotopic (exact) mass is 748 g/mol. The molecule has 5 nitrogen and oxygen atoms in total. The highest BCUT2D eigenvalue weighted by molar-refractivity contribution is 7.25. The minimum Gasteiger partial charge on any atom is -0.455 e. The van der Waals surface area contributed by atoms with Gasteiger partial charge in [-0.25, -0.2) is 9.98 Å². The number of amidine groups is 2. The van der Waals surface area contributed by atoms with Crippen LogP contribution in [0.5, 0.6) is 0 Å².